The number of carbonyl (C=O) groups is 2. The van der Waals surface area contributed by atoms with Gasteiger partial charge in [0.25, 0.3) is 0 Å². The van der Waals surface area contributed by atoms with E-state index in [4.69, 9.17) is 9.47 Å². The quantitative estimate of drug-likeness (QED) is 0.257. The molecule has 1 aliphatic rings. The van der Waals surface area contributed by atoms with Crippen LogP contribution in [0.4, 0.5) is 17.1 Å². The van der Waals surface area contributed by atoms with Gasteiger partial charge in [-0.3, -0.25) is 4.67 Å². The molecule has 0 amide bonds. The zero-order valence-electron chi connectivity index (χ0n) is 21.4. The molecule has 4 rings (SSSR count). The fraction of sp³-hybridized carbons (Fsp3) is 0.214. The number of aliphatic imine (C=N–C) groups is 1. The van der Waals surface area contributed by atoms with Crippen LogP contribution in [0.3, 0.4) is 0 Å². The van der Waals surface area contributed by atoms with Crippen molar-refractivity contribution in [2.24, 2.45) is 4.99 Å². The van der Waals surface area contributed by atoms with E-state index >= 15 is 0 Å². The van der Waals surface area contributed by atoms with Gasteiger partial charge < -0.3 is 18.8 Å². The first-order chi connectivity index (χ1) is 17.9. The van der Waals surface area contributed by atoms with Gasteiger partial charge in [-0.15, -0.1) is 0 Å². The summed E-state index contributed by atoms with van der Waals surface area (Å²) in [4.78, 5) is 31.9. The van der Waals surface area contributed by atoms with Crippen molar-refractivity contribution in [3.05, 3.63) is 91.0 Å². The van der Waals surface area contributed by atoms with Gasteiger partial charge in [0.05, 0.1) is 19.9 Å². The average Bonchev–Trinajstić information content (AvgIpc) is 3.34. The van der Waals surface area contributed by atoms with Crippen LogP contribution < -0.4 is 9.34 Å². The number of anilines is 2. The van der Waals surface area contributed by atoms with Gasteiger partial charge in [-0.1, -0.05) is 54.6 Å². The number of benzene rings is 3. The standard InChI is InChI=1S/C28H31N4O4P/c1-30(2)37(26(28(34)36-4)25(27(33)35-3)29-22-14-8-5-9-15-22)31(23-16-10-6-11-17-23)20-21-32(37)24-18-12-7-13-19-24/h5-19H,20-21H2,1-4H3. The molecule has 1 fully saturated rings. The van der Waals surface area contributed by atoms with Gasteiger partial charge in [-0.05, 0) is 50.5 Å². The predicted molar refractivity (Wildman–Crippen MR) is 151 cm³/mol. The summed E-state index contributed by atoms with van der Waals surface area (Å²) in [6.45, 7) is 1.23. The smallest absolute Gasteiger partial charge is 0.357 e. The Kier molecular flexibility index (Phi) is 8.11. The molecule has 1 heterocycles. The molecule has 37 heavy (non-hydrogen) atoms. The van der Waals surface area contributed by atoms with E-state index in [0.717, 1.165) is 11.4 Å². The molecule has 0 bridgehead atoms. The van der Waals surface area contributed by atoms with Crippen molar-refractivity contribution in [1.82, 2.24) is 4.67 Å². The molecule has 3 aromatic rings. The van der Waals surface area contributed by atoms with Crippen molar-refractivity contribution in [2.45, 2.75) is 0 Å². The second kappa shape index (κ2) is 11.5. The van der Waals surface area contributed by atoms with Crippen molar-refractivity contribution < 1.29 is 19.1 Å². The Morgan fingerprint density at radius 1 is 0.730 bits per heavy atom. The Morgan fingerprint density at radius 2 is 1.16 bits per heavy atom. The topological polar surface area (TPSA) is 74.7 Å². The SMILES string of the molecule is COC(=O)C(=Nc1ccccc1)C(C(=O)OC)=P1(N(C)C)N(c2ccccc2)CCN1c1ccccc1. The second-order valence-electron chi connectivity index (χ2n) is 8.46. The summed E-state index contributed by atoms with van der Waals surface area (Å²) in [5.74, 6) is -1.34. The first-order valence-corrected chi connectivity index (χ1v) is 13.5. The van der Waals surface area contributed by atoms with E-state index < -0.39 is 19.3 Å². The van der Waals surface area contributed by atoms with Crippen molar-refractivity contribution >= 4 is 47.3 Å². The van der Waals surface area contributed by atoms with Crippen LogP contribution in [0.1, 0.15) is 0 Å². The van der Waals surface area contributed by atoms with Gasteiger partial charge in [-0.25, -0.2) is 14.6 Å². The highest BCUT2D eigenvalue weighted by Crippen LogP contribution is 2.64. The van der Waals surface area contributed by atoms with Gasteiger partial charge in [0.1, 0.15) is 12.6 Å². The van der Waals surface area contributed by atoms with E-state index in [1.54, 1.807) is 12.1 Å². The average molecular weight is 519 g/mol. The summed E-state index contributed by atoms with van der Waals surface area (Å²) in [6, 6.07) is 28.8. The van der Waals surface area contributed by atoms with E-state index in [1.165, 1.54) is 14.2 Å². The molecule has 0 aromatic heterocycles. The maximum Gasteiger partial charge on any atom is 0.357 e. The lowest BCUT2D eigenvalue weighted by Gasteiger charge is -2.45. The summed E-state index contributed by atoms with van der Waals surface area (Å²) < 4.78 is 17.0. The molecule has 0 aliphatic carbocycles. The maximum atomic E-state index is 13.8. The number of hydrogen-bond donors (Lipinski definition) is 0. The van der Waals surface area contributed by atoms with E-state index in [9.17, 15) is 9.59 Å². The molecular formula is C28H31N4O4P. The van der Waals surface area contributed by atoms with E-state index in [-0.39, 0.29) is 11.0 Å². The number of rotatable bonds is 7. The molecule has 1 saturated heterocycles. The summed E-state index contributed by atoms with van der Waals surface area (Å²) in [7, 11) is 3.44. The first kappa shape index (κ1) is 26.2. The Bertz CT molecular complexity index is 1280. The minimum atomic E-state index is -3.02. The van der Waals surface area contributed by atoms with Gasteiger partial charge in [0.2, 0.25) is 0 Å². The fourth-order valence-electron chi connectivity index (χ4n) is 4.63. The van der Waals surface area contributed by atoms with Gasteiger partial charge in [0, 0.05) is 24.5 Å². The molecule has 0 radical (unpaired) electrons. The van der Waals surface area contributed by atoms with Crippen LogP contribution in [-0.2, 0) is 19.1 Å². The Hall–Kier alpha value is -3.87. The van der Waals surface area contributed by atoms with Crippen LogP contribution >= 0.6 is 7.34 Å². The molecule has 9 heteroatoms. The Morgan fingerprint density at radius 3 is 1.57 bits per heavy atom. The van der Waals surface area contributed by atoms with Crippen molar-refractivity contribution in [3.63, 3.8) is 0 Å². The van der Waals surface area contributed by atoms with Crippen LogP contribution in [0, 0.1) is 0 Å². The molecular weight excluding hydrogens is 487 g/mol. The second-order valence-corrected chi connectivity index (χ2v) is 11.8. The minimum absolute atomic E-state index is 0.0775. The van der Waals surface area contributed by atoms with E-state index in [0.29, 0.717) is 18.8 Å². The van der Waals surface area contributed by atoms with E-state index in [2.05, 4.69) is 14.3 Å². The minimum Gasteiger partial charge on any atom is -0.465 e. The zero-order chi connectivity index (χ0) is 26.4. The number of methoxy groups -OCH3 is 2. The normalized spacial score (nSPS) is 15.0. The lowest BCUT2D eigenvalue weighted by atomic mass is 10.2. The number of nitrogens with zero attached hydrogens (tertiary/aromatic N) is 4. The van der Waals surface area contributed by atoms with Gasteiger partial charge >= 0.3 is 11.9 Å². The maximum absolute atomic E-state index is 13.8. The van der Waals surface area contributed by atoms with Crippen LogP contribution in [0.25, 0.3) is 0 Å². The Labute approximate surface area is 217 Å². The lowest BCUT2D eigenvalue weighted by Crippen LogP contribution is -2.42. The van der Waals surface area contributed by atoms with Crippen LogP contribution in [0.2, 0.25) is 0 Å². The van der Waals surface area contributed by atoms with Crippen LogP contribution in [0.5, 0.6) is 0 Å². The lowest BCUT2D eigenvalue weighted by molar-refractivity contribution is -0.134. The summed E-state index contributed by atoms with van der Waals surface area (Å²) in [5, 5.41) is 0.168. The third-order valence-corrected chi connectivity index (χ3v) is 10.5. The number of para-hydroxylation sites is 3. The number of carbonyl (C=O) groups excluding carboxylic acids is 2. The Balaban J connectivity index is 2.18. The highest BCUT2D eigenvalue weighted by molar-refractivity contribution is 7.81. The summed E-state index contributed by atoms with van der Waals surface area (Å²) >= 11 is 0. The molecule has 0 N–H and O–H groups in total. The zero-order valence-corrected chi connectivity index (χ0v) is 22.3. The predicted octanol–water partition coefficient (Wildman–Crippen LogP) is 4.63. The highest BCUT2D eigenvalue weighted by atomic mass is 31.2. The third-order valence-electron chi connectivity index (χ3n) is 6.14. The van der Waals surface area contributed by atoms with Crippen molar-refractivity contribution in [1.29, 1.82) is 0 Å². The highest BCUT2D eigenvalue weighted by Gasteiger charge is 2.49. The molecule has 3 aromatic carbocycles. The third kappa shape index (κ3) is 4.90. The van der Waals surface area contributed by atoms with E-state index in [1.807, 2.05) is 97.6 Å². The van der Waals surface area contributed by atoms with Crippen LogP contribution in [-0.4, -0.2) is 69.0 Å². The molecule has 0 spiro atoms. The van der Waals surface area contributed by atoms with Crippen molar-refractivity contribution in [3.8, 4) is 0 Å². The van der Waals surface area contributed by atoms with Gasteiger partial charge in [-0.2, -0.15) is 0 Å². The molecule has 0 saturated carbocycles. The monoisotopic (exact) mass is 518 g/mol. The molecule has 0 unspecified atom stereocenters. The summed E-state index contributed by atoms with van der Waals surface area (Å²) in [5.41, 5.74) is 2.30. The number of ether oxygens (including phenoxy) is 2. The molecule has 192 valence electrons. The molecule has 1 aliphatic heterocycles. The molecule has 0 atom stereocenters. The van der Waals surface area contributed by atoms with Crippen LogP contribution in [0.15, 0.2) is 96.0 Å². The fourth-order valence-corrected chi connectivity index (χ4v) is 9.05. The number of hydrogen-bond acceptors (Lipinski definition) is 8. The largest absolute Gasteiger partial charge is 0.465 e. The van der Waals surface area contributed by atoms with Gasteiger partial charge in [0.15, 0.2) is 5.71 Å². The van der Waals surface area contributed by atoms with Crippen molar-refractivity contribution in [2.75, 3.05) is 50.7 Å². The molecule has 8 nitrogen and oxygen atoms in total. The number of esters is 2. The summed E-state index contributed by atoms with van der Waals surface area (Å²) in [6.07, 6.45) is 0. The first-order valence-electron chi connectivity index (χ1n) is 11.9.